The quantitative estimate of drug-likeness (QED) is 0.798. The molecule has 0 bridgehead atoms. The second-order valence-corrected chi connectivity index (χ2v) is 4.88. The van der Waals surface area contributed by atoms with Crippen LogP contribution in [-0.4, -0.2) is 23.0 Å². The summed E-state index contributed by atoms with van der Waals surface area (Å²) in [5, 5.41) is 11.3. The zero-order valence-electron chi connectivity index (χ0n) is 9.61. The maximum absolute atomic E-state index is 11.8. The molecule has 0 fully saturated rings. The number of rotatable bonds is 4. The SMILES string of the molecule is C#CCC(NC(=O)c1cc(C)c(C)s1)C(=O)O. The fourth-order valence-corrected chi connectivity index (χ4v) is 2.17. The molecule has 5 heteroatoms. The van der Waals surface area contributed by atoms with Crippen LogP contribution in [0.2, 0.25) is 0 Å². The zero-order chi connectivity index (χ0) is 13.0. The highest BCUT2D eigenvalue weighted by Gasteiger charge is 2.20. The first-order valence-corrected chi connectivity index (χ1v) is 5.81. The van der Waals surface area contributed by atoms with E-state index in [0.717, 1.165) is 10.4 Å². The van der Waals surface area contributed by atoms with Crippen LogP contribution in [0.15, 0.2) is 6.07 Å². The Morgan fingerprint density at radius 2 is 2.24 bits per heavy atom. The van der Waals surface area contributed by atoms with Gasteiger partial charge in [0.2, 0.25) is 0 Å². The highest BCUT2D eigenvalue weighted by molar-refractivity contribution is 7.14. The molecule has 4 nitrogen and oxygen atoms in total. The van der Waals surface area contributed by atoms with Gasteiger partial charge >= 0.3 is 5.97 Å². The lowest BCUT2D eigenvalue weighted by Crippen LogP contribution is -2.40. The van der Waals surface area contributed by atoms with Gasteiger partial charge < -0.3 is 10.4 Å². The fourth-order valence-electron chi connectivity index (χ4n) is 1.23. The molecule has 0 spiro atoms. The van der Waals surface area contributed by atoms with Crippen LogP contribution in [0.1, 0.15) is 26.5 Å². The van der Waals surface area contributed by atoms with Gasteiger partial charge in [-0.15, -0.1) is 23.7 Å². The molecular weight excluding hydrogens is 238 g/mol. The standard InChI is InChI=1S/C12H13NO3S/c1-4-5-9(12(15)16)13-11(14)10-6-7(2)8(3)17-10/h1,6,9H,5H2,2-3H3,(H,13,14)(H,15,16). The molecule has 0 saturated heterocycles. The number of carbonyl (C=O) groups is 2. The highest BCUT2D eigenvalue weighted by atomic mass is 32.1. The van der Waals surface area contributed by atoms with E-state index in [4.69, 9.17) is 11.5 Å². The largest absolute Gasteiger partial charge is 0.480 e. The summed E-state index contributed by atoms with van der Waals surface area (Å²) in [5.74, 6) is 0.712. The van der Waals surface area contributed by atoms with Gasteiger partial charge in [0.05, 0.1) is 4.88 Å². The Bertz CT molecular complexity index is 465. The van der Waals surface area contributed by atoms with E-state index in [0.29, 0.717) is 4.88 Å². The average molecular weight is 251 g/mol. The van der Waals surface area contributed by atoms with Crippen LogP contribution in [0.4, 0.5) is 0 Å². The predicted octanol–water partition coefficient (Wildman–Crippen LogP) is 1.57. The smallest absolute Gasteiger partial charge is 0.327 e. The lowest BCUT2D eigenvalue weighted by molar-refractivity contribution is -0.139. The Morgan fingerprint density at radius 1 is 1.59 bits per heavy atom. The van der Waals surface area contributed by atoms with E-state index in [1.54, 1.807) is 6.07 Å². The molecule has 1 aromatic rings. The third kappa shape index (κ3) is 3.33. The van der Waals surface area contributed by atoms with E-state index >= 15 is 0 Å². The molecule has 0 aliphatic carbocycles. The third-order valence-electron chi connectivity index (χ3n) is 2.32. The molecule has 1 heterocycles. The molecule has 0 aliphatic heterocycles. The first-order chi connectivity index (χ1) is 7.95. The number of carboxylic acids is 1. The van der Waals surface area contributed by atoms with E-state index in [1.165, 1.54) is 11.3 Å². The predicted molar refractivity (Wildman–Crippen MR) is 66.1 cm³/mol. The van der Waals surface area contributed by atoms with Crippen LogP contribution >= 0.6 is 11.3 Å². The van der Waals surface area contributed by atoms with Gasteiger partial charge in [0.15, 0.2) is 0 Å². The molecule has 1 amide bonds. The molecule has 0 aromatic carbocycles. The molecule has 17 heavy (non-hydrogen) atoms. The van der Waals surface area contributed by atoms with Gasteiger partial charge in [-0.3, -0.25) is 4.79 Å². The van der Waals surface area contributed by atoms with Crippen molar-refractivity contribution in [2.75, 3.05) is 0 Å². The van der Waals surface area contributed by atoms with Crippen molar-refractivity contribution in [3.05, 3.63) is 21.4 Å². The van der Waals surface area contributed by atoms with Crippen molar-refractivity contribution in [3.8, 4) is 12.3 Å². The maximum atomic E-state index is 11.8. The lowest BCUT2D eigenvalue weighted by Gasteiger charge is -2.10. The summed E-state index contributed by atoms with van der Waals surface area (Å²) >= 11 is 1.34. The van der Waals surface area contributed by atoms with Crippen molar-refractivity contribution in [2.45, 2.75) is 26.3 Å². The van der Waals surface area contributed by atoms with Crippen molar-refractivity contribution >= 4 is 23.2 Å². The van der Waals surface area contributed by atoms with E-state index in [2.05, 4.69) is 11.2 Å². The number of terminal acetylenes is 1. The zero-order valence-corrected chi connectivity index (χ0v) is 10.4. The monoisotopic (exact) mass is 251 g/mol. The number of aliphatic carboxylic acids is 1. The Balaban J connectivity index is 2.77. The van der Waals surface area contributed by atoms with Crippen molar-refractivity contribution in [2.24, 2.45) is 0 Å². The number of carbonyl (C=O) groups excluding carboxylic acids is 1. The first kappa shape index (κ1) is 13.3. The Kier molecular flexibility index (Phi) is 4.30. The molecule has 0 aliphatic rings. The van der Waals surface area contributed by atoms with Crippen LogP contribution in [0.25, 0.3) is 0 Å². The minimum absolute atomic E-state index is 0.0234. The maximum Gasteiger partial charge on any atom is 0.327 e. The van der Waals surface area contributed by atoms with Gasteiger partial charge in [0, 0.05) is 11.3 Å². The van der Waals surface area contributed by atoms with Crippen LogP contribution in [0.5, 0.6) is 0 Å². The molecular formula is C12H13NO3S. The number of amides is 1. The minimum Gasteiger partial charge on any atom is -0.480 e. The van der Waals surface area contributed by atoms with Gasteiger partial charge in [-0.25, -0.2) is 4.79 Å². The summed E-state index contributed by atoms with van der Waals surface area (Å²) in [6.45, 7) is 3.81. The molecule has 0 radical (unpaired) electrons. The molecule has 0 saturated carbocycles. The summed E-state index contributed by atoms with van der Waals surface area (Å²) in [6.07, 6.45) is 5.02. The van der Waals surface area contributed by atoms with E-state index in [-0.39, 0.29) is 6.42 Å². The molecule has 90 valence electrons. The average Bonchev–Trinajstić information content (AvgIpc) is 2.58. The van der Waals surface area contributed by atoms with Crippen LogP contribution in [0.3, 0.4) is 0 Å². The molecule has 1 aromatic heterocycles. The van der Waals surface area contributed by atoms with Gasteiger partial charge in [-0.05, 0) is 25.5 Å². The number of hydrogen-bond donors (Lipinski definition) is 2. The summed E-state index contributed by atoms with van der Waals surface area (Å²) < 4.78 is 0. The van der Waals surface area contributed by atoms with Gasteiger partial charge in [-0.1, -0.05) is 0 Å². The minimum atomic E-state index is -1.12. The summed E-state index contributed by atoms with van der Waals surface area (Å²) in [4.78, 5) is 24.1. The van der Waals surface area contributed by atoms with E-state index < -0.39 is 17.9 Å². The third-order valence-corrected chi connectivity index (χ3v) is 3.47. The summed E-state index contributed by atoms with van der Waals surface area (Å²) in [7, 11) is 0. The number of aryl methyl sites for hydroxylation is 2. The topological polar surface area (TPSA) is 66.4 Å². The summed E-state index contributed by atoms with van der Waals surface area (Å²) in [5.41, 5.74) is 1.02. The Hall–Kier alpha value is -1.80. The normalized spacial score (nSPS) is 11.6. The Morgan fingerprint density at radius 3 is 2.65 bits per heavy atom. The van der Waals surface area contributed by atoms with Crippen LogP contribution in [0, 0.1) is 26.2 Å². The molecule has 1 rings (SSSR count). The highest BCUT2D eigenvalue weighted by Crippen LogP contribution is 2.20. The van der Waals surface area contributed by atoms with Crippen molar-refractivity contribution in [3.63, 3.8) is 0 Å². The molecule has 1 atom stereocenters. The number of hydrogen-bond acceptors (Lipinski definition) is 3. The number of carboxylic acid groups (broad SMARTS) is 1. The van der Waals surface area contributed by atoms with Crippen molar-refractivity contribution in [1.29, 1.82) is 0 Å². The molecule has 2 N–H and O–H groups in total. The lowest BCUT2D eigenvalue weighted by atomic mass is 10.2. The van der Waals surface area contributed by atoms with E-state index in [1.807, 2.05) is 13.8 Å². The van der Waals surface area contributed by atoms with Gasteiger partial charge in [-0.2, -0.15) is 0 Å². The summed E-state index contributed by atoms with van der Waals surface area (Å²) in [6, 6.07) is 0.708. The number of thiophene rings is 1. The van der Waals surface area contributed by atoms with Crippen LogP contribution in [-0.2, 0) is 4.79 Å². The first-order valence-electron chi connectivity index (χ1n) is 5.00. The Labute approximate surface area is 104 Å². The van der Waals surface area contributed by atoms with Crippen molar-refractivity contribution in [1.82, 2.24) is 5.32 Å². The van der Waals surface area contributed by atoms with E-state index in [9.17, 15) is 9.59 Å². The second-order valence-electron chi connectivity index (χ2n) is 3.62. The molecule has 1 unspecified atom stereocenters. The van der Waals surface area contributed by atoms with Gasteiger partial charge in [0.25, 0.3) is 5.91 Å². The van der Waals surface area contributed by atoms with Gasteiger partial charge in [0.1, 0.15) is 6.04 Å². The second kappa shape index (κ2) is 5.51. The van der Waals surface area contributed by atoms with Crippen LogP contribution < -0.4 is 5.32 Å². The van der Waals surface area contributed by atoms with Crippen molar-refractivity contribution < 1.29 is 14.7 Å². The number of nitrogens with one attached hydrogen (secondary N) is 1. The fraction of sp³-hybridized carbons (Fsp3) is 0.333.